The van der Waals surface area contributed by atoms with Crippen molar-refractivity contribution < 1.29 is 28.9 Å². The smallest absolute Gasteiger partial charge is 0.351 e. The number of anilines is 1. The number of nitrogens with two attached hydrogens (primary N) is 1. The fourth-order valence-corrected chi connectivity index (χ4v) is 2.80. The maximum Gasteiger partial charge on any atom is 0.351 e. The predicted octanol–water partition coefficient (Wildman–Crippen LogP) is -1.18. The maximum atomic E-state index is 11.0. The lowest BCUT2D eigenvalue weighted by molar-refractivity contribution is -0.0601. The van der Waals surface area contributed by atoms with Crippen molar-refractivity contribution in [1.82, 2.24) is 19.5 Å². The van der Waals surface area contributed by atoms with Crippen LogP contribution in [0.1, 0.15) is 6.23 Å². The molecule has 0 spiro atoms. The fourth-order valence-electron chi connectivity index (χ4n) is 2.40. The Hall–Kier alpha value is -2.06. The first kappa shape index (κ1) is 16.8. The fraction of sp³-hybridized carbons (Fsp3) is 0.417. The van der Waals surface area contributed by atoms with E-state index in [1.165, 1.54) is 17.2 Å². The first-order chi connectivity index (χ1) is 11.3. The van der Waals surface area contributed by atoms with Crippen LogP contribution in [0.2, 0.25) is 0 Å². The summed E-state index contributed by atoms with van der Waals surface area (Å²) in [6, 6.07) is 0. The average Bonchev–Trinajstić information content (AvgIpc) is 3.08. The van der Waals surface area contributed by atoms with Gasteiger partial charge in [-0.05, 0) is 0 Å². The highest BCUT2D eigenvalue weighted by molar-refractivity contribution is 7.51. The Morgan fingerprint density at radius 2 is 2.29 bits per heavy atom. The zero-order chi connectivity index (χ0) is 17.5. The molecule has 2 aromatic rings. The second kappa shape index (κ2) is 5.78. The third kappa shape index (κ3) is 2.76. The van der Waals surface area contributed by atoms with Crippen LogP contribution in [0.3, 0.4) is 0 Å². The molecule has 3 rings (SSSR count). The van der Waals surface area contributed by atoms with E-state index >= 15 is 0 Å². The lowest BCUT2D eigenvalue weighted by atomic mass is 10.00. The number of aliphatic hydroxyl groups excluding tert-OH is 1. The van der Waals surface area contributed by atoms with Crippen LogP contribution in [-0.4, -0.2) is 59.1 Å². The zero-order valence-corrected chi connectivity index (χ0v) is 13.1. The van der Waals surface area contributed by atoms with Crippen molar-refractivity contribution in [3.63, 3.8) is 0 Å². The van der Waals surface area contributed by atoms with Crippen molar-refractivity contribution >= 4 is 24.6 Å². The zero-order valence-electron chi connectivity index (χ0n) is 12.2. The van der Waals surface area contributed by atoms with E-state index in [0.29, 0.717) is 11.2 Å². The van der Waals surface area contributed by atoms with Gasteiger partial charge in [0, 0.05) is 0 Å². The number of ether oxygens (including phenoxy) is 2. The van der Waals surface area contributed by atoms with Gasteiger partial charge < -0.3 is 30.1 Å². The Morgan fingerprint density at radius 1 is 1.54 bits per heavy atom. The van der Waals surface area contributed by atoms with Gasteiger partial charge in [-0.25, -0.2) is 15.0 Å². The highest BCUT2D eigenvalue weighted by atomic mass is 31.2. The van der Waals surface area contributed by atoms with E-state index in [-0.39, 0.29) is 12.4 Å². The van der Waals surface area contributed by atoms with Gasteiger partial charge in [0.05, 0.1) is 12.9 Å². The summed E-state index contributed by atoms with van der Waals surface area (Å²) in [5, 5.41) is 10.5. The van der Waals surface area contributed by atoms with Gasteiger partial charge in [0.1, 0.15) is 17.9 Å². The van der Waals surface area contributed by atoms with E-state index < -0.39 is 31.9 Å². The average molecular weight is 355 g/mol. The molecule has 2 aromatic heterocycles. The minimum atomic E-state index is -4.47. The monoisotopic (exact) mass is 355 g/mol. The van der Waals surface area contributed by atoms with Crippen molar-refractivity contribution in [1.29, 1.82) is 0 Å². The van der Waals surface area contributed by atoms with Gasteiger partial charge in [-0.1, -0.05) is 5.92 Å². The van der Waals surface area contributed by atoms with Gasteiger partial charge in [-0.15, -0.1) is 6.42 Å². The van der Waals surface area contributed by atoms with Crippen molar-refractivity contribution in [3.05, 3.63) is 12.7 Å². The molecule has 24 heavy (non-hydrogen) atoms. The summed E-state index contributed by atoms with van der Waals surface area (Å²) in [6.07, 6.45) is 4.61. The van der Waals surface area contributed by atoms with E-state index in [2.05, 4.69) is 20.9 Å². The van der Waals surface area contributed by atoms with Crippen molar-refractivity contribution in [3.8, 4) is 12.3 Å². The number of fused-ring (bicyclic) bond motifs is 1. The van der Waals surface area contributed by atoms with E-state index in [1.807, 2.05) is 0 Å². The molecule has 0 aromatic carbocycles. The van der Waals surface area contributed by atoms with Gasteiger partial charge in [0.2, 0.25) is 0 Å². The van der Waals surface area contributed by atoms with E-state index in [9.17, 15) is 9.67 Å². The standard InChI is InChI=1S/C12H14N5O6P/c1-2-12(23-6-24(19,20)21)3-22-11(8(12)18)17-5-16-7-9(13)14-4-15-10(7)17/h1,4-5,8,11,18H,3,6H2,(H2,13,14,15)(H2,19,20,21)/t8-,11+,12-/m0/s1. The molecule has 1 saturated heterocycles. The van der Waals surface area contributed by atoms with Crippen LogP contribution in [0.25, 0.3) is 11.2 Å². The number of terminal acetylenes is 1. The summed E-state index contributed by atoms with van der Waals surface area (Å²) < 4.78 is 23.0. The molecule has 11 nitrogen and oxygen atoms in total. The molecule has 3 heterocycles. The van der Waals surface area contributed by atoms with Gasteiger partial charge >= 0.3 is 7.60 Å². The van der Waals surface area contributed by atoms with Crippen LogP contribution in [0, 0.1) is 12.3 Å². The molecule has 1 aliphatic heterocycles. The number of nitrogens with zero attached hydrogens (tertiary/aromatic N) is 4. The van der Waals surface area contributed by atoms with Gasteiger partial charge in [-0.3, -0.25) is 9.13 Å². The van der Waals surface area contributed by atoms with E-state index in [0.717, 1.165) is 0 Å². The number of rotatable bonds is 4. The summed E-state index contributed by atoms with van der Waals surface area (Å²) in [6.45, 7) is -0.268. The van der Waals surface area contributed by atoms with E-state index in [4.69, 9.17) is 31.4 Å². The van der Waals surface area contributed by atoms with Crippen LogP contribution >= 0.6 is 7.60 Å². The molecule has 1 fully saturated rings. The third-order valence-corrected chi connectivity index (χ3v) is 4.08. The van der Waals surface area contributed by atoms with Crippen LogP contribution in [0.5, 0.6) is 0 Å². The third-order valence-electron chi connectivity index (χ3n) is 3.61. The molecule has 5 N–H and O–H groups in total. The summed E-state index contributed by atoms with van der Waals surface area (Å²) in [5.41, 5.74) is 4.63. The number of imidazole rings is 1. The van der Waals surface area contributed by atoms with Gasteiger partial charge in [-0.2, -0.15) is 0 Å². The molecule has 0 unspecified atom stereocenters. The first-order valence-corrected chi connectivity index (χ1v) is 8.46. The van der Waals surface area contributed by atoms with Gasteiger partial charge in [0.25, 0.3) is 0 Å². The molecular weight excluding hydrogens is 341 g/mol. The normalized spacial score (nSPS) is 27.4. The number of aromatic nitrogens is 4. The Kier molecular flexibility index (Phi) is 4.05. The van der Waals surface area contributed by atoms with Crippen LogP contribution in [-0.2, 0) is 14.0 Å². The predicted molar refractivity (Wildman–Crippen MR) is 80.3 cm³/mol. The van der Waals surface area contributed by atoms with Crippen LogP contribution in [0.4, 0.5) is 5.82 Å². The Morgan fingerprint density at radius 3 is 2.96 bits per heavy atom. The quantitative estimate of drug-likeness (QED) is 0.387. The van der Waals surface area contributed by atoms with Gasteiger partial charge in [0.15, 0.2) is 29.6 Å². The number of aliphatic hydroxyl groups is 1. The maximum absolute atomic E-state index is 11.0. The highest BCUT2D eigenvalue weighted by Gasteiger charge is 2.51. The Bertz CT molecular complexity index is 859. The second-order valence-corrected chi connectivity index (χ2v) is 6.79. The Labute approximate surface area is 135 Å². The molecule has 3 atom stereocenters. The topological polar surface area (TPSA) is 166 Å². The van der Waals surface area contributed by atoms with Crippen molar-refractivity contribution in [2.24, 2.45) is 0 Å². The molecule has 0 aliphatic carbocycles. The minimum absolute atomic E-state index is 0.159. The molecule has 0 amide bonds. The molecule has 0 saturated carbocycles. The second-order valence-electron chi connectivity index (χ2n) is 5.20. The van der Waals surface area contributed by atoms with Crippen LogP contribution in [0.15, 0.2) is 12.7 Å². The summed E-state index contributed by atoms with van der Waals surface area (Å²) >= 11 is 0. The first-order valence-electron chi connectivity index (χ1n) is 6.66. The lowest BCUT2D eigenvalue weighted by Gasteiger charge is -2.27. The number of hydrogen-bond acceptors (Lipinski definition) is 8. The molecule has 0 radical (unpaired) electrons. The Balaban J connectivity index is 1.92. The largest absolute Gasteiger partial charge is 0.384 e. The number of hydrogen-bond donors (Lipinski definition) is 4. The summed E-state index contributed by atoms with van der Waals surface area (Å²) in [4.78, 5) is 29.8. The molecule has 12 heteroatoms. The number of nitrogen functional groups attached to an aromatic ring is 1. The molecular formula is C12H14N5O6P. The van der Waals surface area contributed by atoms with Crippen molar-refractivity contribution in [2.45, 2.75) is 17.9 Å². The van der Waals surface area contributed by atoms with Crippen LogP contribution < -0.4 is 5.73 Å². The molecule has 0 bridgehead atoms. The lowest BCUT2D eigenvalue weighted by Crippen LogP contribution is -2.44. The summed E-state index contributed by atoms with van der Waals surface area (Å²) in [5.74, 6) is 2.38. The minimum Gasteiger partial charge on any atom is -0.384 e. The SMILES string of the molecule is C#C[C@]1(OCP(=O)(O)O)CO[C@@H](n2cnc3c(N)ncnc32)[C@@H]1O. The molecule has 1 aliphatic rings. The summed E-state index contributed by atoms with van der Waals surface area (Å²) in [7, 11) is -4.47. The van der Waals surface area contributed by atoms with E-state index in [1.54, 1.807) is 0 Å². The molecule has 128 valence electrons. The van der Waals surface area contributed by atoms with Crippen molar-refractivity contribution in [2.75, 3.05) is 18.7 Å². The highest BCUT2D eigenvalue weighted by Crippen LogP contribution is 2.41.